The SMILES string of the molecule is CC(NC1CCc2ccccc2NC1=O)C1CCOC1. The molecule has 3 rings (SSSR count). The summed E-state index contributed by atoms with van der Waals surface area (Å²) in [5, 5.41) is 6.53. The summed E-state index contributed by atoms with van der Waals surface area (Å²) in [6.07, 6.45) is 2.87. The third-order valence-electron chi connectivity index (χ3n) is 4.43. The molecule has 4 heteroatoms. The van der Waals surface area contributed by atoms with Crippen LogP contribution >= 0.6 is 0 Å². The van der Waals surface area contributed by atoms with Gasteiger partial charge in [-0.1, -0.05) is 18.2 Å². The van der Waals surface area contributed by atoms with Crippen molar-refractivity contribution in [3.63, 3.8) is 0 Å². The fraction of sp³-hybridized carbons (Fsp3) is 0.562. The summed E-state index contributed by atoms with van der Waals surface area (Å²) < 4.78 is 5.43. The van der Waals surface area contributed by atoms with Crippen LogP contribution in [0.1, 0.15) is 25.3 Å². The van der Waals surface area contributed by atoms with Crippen molar-refractivity contribution in [2.75, 3.05) is 18.5 Å². The fourth-order valence-corrected chi connectivity index (χ4v) is 3.07. The molecule has 1 aromatic rings. The maximum atomic E-state index is 12.3. The van der Waals surface area contributed by atoms with Crippen LogP contribution in [0.4, 0.5) is 5.69 Å². The zero-order valence-corrected chi connectivity index (χ0v) is 11.9. The van der Waals surface area contributed by atoms with Gasteiger partial charge in [0.25, 0.3) is 0 Å². The molecule has 0 aromatic heterocycles. The van der Waals surface area contributed by atoms with Gasteiger partial charge < -0.3 is 15.4 Å². The Hall–Kier alpha value is -1.39. The number of benzene rings is 1. The number of nitrogens with one attached hydrogen (secondary N) is 2. The Morgan fingerprint density at radius 2 is 2.20 bits per heavy atom. The Balaban J connectivity index is 1.65. The minimum absolute atomic E-state index is 0.0840. The highest BCUT2D eigenvalue weighted by atomic mass is 16.5. The van der Waals surface area contributed by atoms with Crippen LogP contribution in [-0.4, -0.2) is 31.2 Å². The normalized spacial score (nSPS) is 27.6. The van der Waals surface area contributed by atoms with Crippen molar-refractivity contribution in [3.8, 4) is 0 Å². The molecular formula is C16H22N2O2. The first-order valence-electron chi connectivity index (χ1n) is 7.46. The van der Waals surface area contributed by atoms with Gasteiger partial charge in [-0.05, 0) is 43.7 Å². The molecule has 20 heavy (non-hydrogen) atoms. The Morgan fingerprint density at radius 3 is 3.00 bits per heavy atom. The lowest BCUT2D eigenvalue weighted by molar-refractivity contribution is -0.118. The van der Waals surface area contributed by atoms with E-state index in [-0.39, 0.29) is 11.9 Å². The Bertz CT molecular complexity index is 483. The van der Waals surface area contributed by atoms with Crippen molar-refractivity contribution in [2.24, 2.45) is 5.92 Å². The summed E-state index contributed by atoms with van der Waals surface area (Å²) in [5.41, 5.74) is 2.18. The topological polar surface area (TPSA) is 50.4 Å². The number of carbonyl (C=O) groups is 1. The van der Waals surface area contributed by atoms with Crippen molar-refractivity contribution in [1.29, 1.82) is 0 Å². The summed E-state index contributed by atoms with van der Waals surface area (Å²) in [4.78, 5) is 12.3. The van der Waals surface area contributed by atoms with Crippen molar-refractivity contribution in [2.45, 2.75) is 38.3 Å². The van der Waals surface area contributed by atoms with Crippen LogP contribution in [0.5, 0.6) is 0 Å². The molecule has 2 aliphatic rings. The van der Waals surface area contributed by atoms with Crippen LogP contribution in [0.2, 0.25) is 0 Å². The molecule has 1 amide bonds. The number of hydrogen-bond donors (Lipinski definition) is 2. The van der Waals surface area contributed by atoms with Crippen LogP contribution in [-0.2, 0) is 16.0 Å². The molecule has 108 valence electrons. The predicted octanol–water partition coefficient (Wildman–Crippen LogP) is 1.95. The number of ether oxygens (including phenoxy) is 1. The predicted molar refractivity (Wildman–Crippen MR) is 78.7 cm³/mol. The third kappa shape index (κ3) is 2.86. The maximum absolute atomic E-state index is 12.3. The zero-order chi connectivity index (χ0) is 13.9. The third-order valence-corrected chi connectivity index (χ3v) is 4.43. The average Bonchev–Trinajstić information content (AvgIpc) is 2.93. The van der Waals surface area contributed by atoms with Gasteiger partial charge in [-0.25, -0.2) is 0 Å². The Labute approximate surface area is 119 Å². The van der Waals surface area contributed by atoms with Crippen LogP contribution in [0.3, 0.4) is 0 Å². The van der Waals surface area contributed by atoms with Crippen LogP contribution in [0.25, 0.3) is 0 Å². The lowest BCUT2D eigenvalue weighted by atomic mass is 9.98. The summed E-state index contributed by atoms with van der Waals surface area (Å²) in [6.45, 7) is 3.81. The van der Waals surface area contributed by atoms with E-state index in [1.165, 1.54) is 5.56 Å². The molecule has 1 fully saturated rings. The van der Waals surface area contributed by atoms with E-state index in [0.717, 1.165) is 38.2 Å². The first-order chi connectivity index (χ1) is 9.74. The highest BCUT2D eigenvalue weighted by molar-refractivity contribution is 5.96. The van der Waals surface area contributed by atoms with E-state index in [0.29, 0.717) is 12.0 Å². The minimum atomic E-state index is -0.113. The van der Waals surface area contributed by atoms with Gasteiger partial charge in [0.2, 0.25) is 5.91 Å². The summed E-state index contributed by atoms with van der Waals surface area (Å²) in [5.74, 6) is 0.606. The summed E-state index contributed by atoms with van der Waals surface area (Å²) >= 11 is 0. The van der Waals surface area contributed by atoms with E-state index in [1.54, 1.807) is 0 Å². The van der Waals surface area contributed by atoms with Crippen molar-refractivity contribution < 1.29 is 9.53 Å². The molecule has 0 bridgehead atoms. The van der Waals surface area contributed by atoms with Gasteiger partial charge in [0, 0.05) is 18.3 Å². The summed E-state index contributed by atoms with van der Waals surface area (Å²) in [7, 11) is 0. The lowest BCUT2D eigenvalue weighted by Gasteiger charge is -2.24. The molecule has 0 aliphatic carbocycles. The second-order valence-electron chi connectivity index (χ2n) is 5.82. The quantitative estimate of drug-likeness (QED) is 0.886. The average molecular weight is 274 g/mol. The Morgan fingerprint density at radius 1 is 1.35 bits per heavy atom. The van der Waals surface area contributed by atoms with E-state index in [4.69, 9.17) is 4.74 Å². The van der Waals surface area contributed by atoms with Crippen LogP contribution < -0.4 is 10.6 Å². The van der Waals surface area contributed by atoms with Gasteiger partial charge in [-0.2, -0.15) is 0 Å². The molecule has 1 aromatic carbocycles. The molecule has 3 unspecified atom stereocenters. The van der Waals surface area contributed by atoms with Gasteiger partial charge in [0.05, 0.1) is 12.6 Å². The zero-order valence-electron chi connectivity index (χ0n) is 11.9. The molecule has 2 heterocycles. The molecule has 2 N–H and O–H groups in total. The van der Waals surface area contributed by atoms with Gasteiger partial charge in [-0.15, -0.1) is 0 Å². The number of carbonyl (C=O) groups excluding carboxylic acids is 1. The smallest absolute Gasteiger partial charge is 0.241 e. The number of aryl methyl sites for hydroxylation is 1. The van der Waals surface area contributed by atoms with E-state index < -0.39 is 0 Å². The molecule has 0 spiro atoms. The molecule has 1 saturated heterocycles. The van der Waals surface area contributed by atoms with Gasteiger partial charge in [0.1, 0.15) is 0 Å². The van der Waals surface area contributed by atoms with Gasteiger partial charge in [-0.3, -0.25) is 4.79 Å². The largest absolute Gasteiger partial charge is 0.381 e. The molecule has 3 atom stereocenters. The van der Waals surface area contributed by atoms with Crippen LogP contribution in [0.15, 0.2) is 24.3 Å². The maximum Gasteiger partial charge on any atom is 0.241 e. The molecule has 0 radical (unpaired) electrons. The molecule has 0 saturated carbocycles. The Kier molecular flexibility index (Phi) is 4.03. The summed E-state index contributed by atoms with van der Waals surface area (Å²) in [6, 6.07) is 8.26. The van der Waals surface area contributed by atoms with Crippen molar-refractivity contribution in [3.05, 3.63) is 29.8 Å². The van der Waals surface area contributed by atoms with Crippen LogP contribution in [0, 0.1) is 5.92 Å². The number of anilines is 1. The van der Waals surface area contributed by atoms with E-state index in [2.05, 4.69) is 23.6 Å². The van der Waals surface area contributed by atoms with E-state index in [1.807, 2.05) is 18.2 Å². The minimum Gasteiger partial charge on any atom is -0.381 e. The number of amides is 1. The highest BCUT2D eigenvalue weighted by Crippen LogP contribution is 2.23. The molecular weight excluding hydrogens is 252 g/mol. The van der Waals surface area contributed by atoms with E-state index >= 15 is 0 Å². The lowest BCUT2D eigenvalue weighted by Crippen LogP contribution is -2.47. The standard InChI is InChI=1S/C16H22N2O2/c1-11(13-8-9-20-10-13)17-15-7-6-12-4-2-3-5-14(12)18-16(15)19/h2-5,11,13,15,17H,6-10H2,1H3,(H,18,19). The highest BCUT2D eigenvalue weighted by Gasteiger charge is 2.28. The van der Waals surface area contributed by atoms with Gasteiger partial charge in [0.15, 0.2) is 0 Å². The van der Waals surface area contributed by atoms with Crippen molar-refractivity contribution >= 4 is 11.6 Å². The number of para-hydroxylation sites is 1. The van der Waals surface area contributed by atoms with Crippen molar-refractivity contribution in [1.82, 2.24) is 5.32 Å². The molecule has 4 nitrogen and oxygen atoms in total. The monoisotopic (exact) mass is 274 g/mol. The first kappa shape index (κ1) is 13.6. The second kappa shape index (κ2) is 5.94. The number of hydrogen-bond acceptors (Lipinski definition) is 3. The fourth-order valence-electron chi connectivity index (χ4n) is 3.07. The molecule has 2 aliphatic heterocycles. The van der Waals surface area contributed by atoms with E-state index in [9.17, 15) is 4.79 Å². The number of fused-ring (bicyclic) bond motifs is 1. The van der Waals surface area contributed by atoms with Gasteiger partial charge >= 0.3 is 0 Å². The second-order valence-corrected chi connectivity index (χ2v) is 5.82. The number of rotatable bonds is 3. The first-order valence-corrected chi connectivity index (χ1v) is 7.46.